The summed E-state index contributed by atoms with van der Waals surface area (Å²) in [6.45, 7) is 3.61. The van der Waals surface area contributed by atoms with Crippen molar-refractivity contribution in [2.45, 2.75) is 155 Å². The molecule has 0 spiro atoms. The smallest absolute Gasteiger partial charge is 0.462 e. The van der Waals surface area contributed by atoms with Crippen LogP contribution in [0.3, 0.4) is 0 Å². The van der Waals surface area contributed by atoms with E-state index in [4.69, 9.17) is 23.8 Å². The highest BCUT2D eigenvalue weighted by Gasteiger charge is 2.28. The minimum absolute atomic E-state index is 0.105. The molecule has 0 aliphatic heterocycles. The van der Waals surface area contributed by atoms with Gasteiger partial charge in [-0.05, 0) is 63.7 Å². The Balaban J connectivity index is 4.64. The quantitative estimate of drug-likeness (QED) is 0.0174. The number of unbranched alkanes of at least 4 members (excludes halogenated alkanes) is 7. The lowest BCUT2D eigenvalue weighted by Crippen LogP contribution is -2.30. The summed E-state index contributed by atoms with van der Waals surface area (Å²) >= 11 is 0. The summed E-state index contributed by atoms with van der Waals surface area (Å²) in [7, 11) is -9.69. The van der Waals surface area contributed by atoms with Crippen molar-refractivity contribution in [1.82, 2.24) is 0 Å². The fourth-order valence-corrected chi connectivity index (χ4v) is 6.01. The number of hydrogen-bond acceptors (Lipinski definition) is 11. The Hall–Kier alpha value is -1.96. The number of rotatable bonds is 36. The van der Waals surface area contributed by atoms with Crippen molar-refractivity contribution < 1.29 is 66.7 Å². The van der Waals surface area contributed by atoms with Crippen LogP contribution in [0.2, 0.25) is 0 Å². The van der Waals surface area contributed by atoms with Crippen LogP contribution in [-0.4, -0.2) is 81.6 Å². The van der Waals surface area contributed by atoms with Gasteiger partial charge in [0.15, 0.2) is 6.10 Å². The standard InChI is InChI=1S/C39H70O14P2/c1-4-35(40)27-23-19-15-11-9-7-5-6-8-10-12-16-20-24-28-38(42)49-32-37(33-52-55(47,48)51-31-36(41)30-50-54(44,45)46)53-39(43)29-25-21-17-13-14-18-22-26-34(2)3/h6-9,12,15-16,19,34-37,40-41H,4-5,10-11,13-14,17-18,20-33H2,1-3H3,(H,47,48)(H2,44,45,46)/b8-6-,9-7-,16-12-,19-15-/t35-,36-,37+/m0/s1. The number of allylic oxidation sites excluding steroid dienone is 8. The number of phosphoric acid groups is 2. The van der Waals surface area contributed by atoms with E-state index in [2.05, 4.69) is 59.4 Å². The minimum Gasteiger partial charge on any atom is -0.462 e. The molecule has 0 aromatic rings. The van der Waals surface area contributed by atoms with Gasteiger partial charge in [-0.3, -0.25) is 23.2 Å². The van der Waals surface area contributed by atoms with Crippen LogP contribution in [0.5, 0.6) is 0 Å². The Kier molecular flexibility index (Phi) is 32.9. The first-order valence-corrected chi connectivity index (χ1v) is 22.8. The summed E-state index contributed by atoms with van der Waals surface area (Å²) in [4.78, 5) is 52.4. The molecule has 0 bridgehead atoms. The topological polar surface area (TPSA) is 216 Å². The number of hydrogen-bond donors (Lipinski definition) is 5. The van der Waals surface area contributed by atoms with Crippen LogP contribution in [0.25, 0.3) is 0 Å². The molecule has 0 aromatic heterocycles. The number of esters is 2. The summed E-state index contributed by atoms with van der Waals surface area (Å²) in [5, 5.41) is 19.3. The lowest BCUT2D eigenvalue weighted by atomic mass is 10.0. The van der Waals surface area contributed by atoms with Crippen LogP contribution in [0.1, 0.15) is 136 Å². The van der Waals surface area contributed by atoms with Crippen LogP contribution in [0.4, 0.5) is 0 Å². The molecule has 0 aliphatic carbocycles. The highest BCUT2D eigenvalue weighted by atomic mass is 31.2. The third-order valence-corrected chi connectivity index (χ3v) is 9.49. The van der Waals surface area contributed by atoms with Crippen LogP contribution >= 0.6 is 15.6 Å². The van der Waals surface area contributed by atoms with Crippen molar-refractivity contribution in [3.05, 3.63) is 48.6 Å². The zero-order valence-corrected chi connectivity index (χ0v) is 35.1. The van der Waals surface area contributed by atoms with Crippen LogP contribution in [0, 0.1) is 5.92 Å². The predicted octanol–water partition coefficient (Wildman–Crippen LogP) is 8.33. The molecule has 0 aliphatic rings. The van der Waals surface area contributed by atoms with E-state index in [1.807, 2.05) is 19.1 Å². The molecule has 0 radical (unpaired) electrons. The monoisotopic (exact) mass is 824 g/mol. The molecule has 55 heavy (non-hydrogen) atoms. The van der Waals surface area contributed by atoms with Gasteiger partial charge in [0.1, 0.15) is 12.7 Å². The fraction of sp³-hybridized carbons (Fsp3) is 0.744. The highest BCUT2D eigenvalue weighted by molar-refractivity contribution is 7.47. The van der Waals surface area contributed by atoms with E-state index < -0.39 is 66.2 Å². The maximum atomic E-state index is 12.6. The van der Waals surface area contributed by atoms with Gasteiger partial charge < -0.3 is 34.4 Å². The summed E-state index contributed by atoms with van der Waals surface area (Å²) in [5.41, 5.74) is 0. The van der Waals surface area contributed by atoms with Crippen molar-refractivity contribution in [3.8, 4) is 0 Å². The molecule has 4 atom stereocenters. The number of aliphatic hydroxyl groups is 2. The maximum Gasteiger partial charge on any atom is 0.472 e. The summed E-state index contributed by atoms with van der Waals surface area (Å²) in [5.74, 6) is -0.416. The maximum absolute atomic E-state index is 12.6. The average Bonchev–Trinajstić information content (AvgIpc) is 3.12. The third-order valence-electron chi connectivity index (χ3n) is 8.05. The Morgan fingerprint density at radius 3 is 1.67 bits per heavy atom. The first-order valence-electron chi connectivity index (χ1n) is 19.8. The molecule has 16 heteroatoms. The number of carbonyl (C=O) groups excluding carboxylic acids is 2. The summed E-state index contributed by atoms with van der Waals surface area (Å²) in [6.07, 6.45) is 28.1. The van der Waals surface area contributed by atoms with E-state index in [1.165, 1.54) is 19.3 Å². The zero-order chi connectivity index (χ0) is 41.2. The second-order valence-electron chi connectivity index (χ2n) is 13.8. The molecule has 320 valence electrons. The van der Waals surface area contributed by atoms with E-state index in [1.54, 1.807) is 0 Å². The second-order valence-corrected chi connectivity index (χ2v) is 16.5. The van der Waals surface area contributed by atoms with Crippen molar-refractivity contribution in [2.75, 3.05) is 26.4 Å². The highest BCUT2D eigenvalue weighted by Crippen LogP contribution is 2.43. The van der Waals surface area contributed by atoms with Crippen LogP contribution in [0.15, 0.2) is 48.6 Å². The largest absolute Gasteiger partial charge is 0.472 e. The lowest BCUT2D eigenvalue weighted by molar-refractivity contribution is -0.161. The van der Waals surface area contributed by atoms with Crippen LogP contribution in [-0.2, 0) is 41.8 Å². The molecule has 5 N–H and O–H groups in total. The van der Waals surface area contributed by atoms with Gasteiger partial charge in [0.05, 0.1) is 25.9 Å². The van der Waals surface area contributed by atoms with Gasteiger partial charge in [-0.25, -0.2) is 9.13 Å². The first kappa shape index (κ1) is 53.0. The van der Waals surface area contributed by atoms with E-state index in [0.29, 0.717) is 25.2 Å². The first-order chi connectivity index (χ1) is 26.1. The zero-order valence-electron chi connectivity index (χ0n) is 33.3. The van der Waals surface area contributed by atoms with Gasteiger partial charge in [0, 0.05) is 12.8 Å². The van der Waals surface area contributed by atoms with Gasteiger partial charge >= 0.3 is 27.6 Å². The van der Waals surface area contributed by atoms with E-state index in [9.17, 15) is 33.8 Å². The van der Waals surface area contributed by atoms with Gasteiger partial charge in [-0.15, -0.1) is 0 Å². The van der Waals surface area contributed by atoms with Gasteiger partial charge in [-0.2, -0.15) is 0 Å². The molecular weight excluding hydrogens is 754 g/mol. The number of aliphatic hydroxyl groups excluding tert-OH is 2. The molecule has 0 rings (SSSR count). The average molecular weight is 825 g/mol. The van der Waals surface area contributed by atoms with Crippen LogP contribution < -0.4 is 0 Å². The van der Waals surface area contributed by atoms with Crippen molar-refractivity contribution in [1.29, 1.82) is 0 Å². The predicted molar refractivity (Wildman–Crippen MR) is 213 cm³/mol. The minimum atomic E-state index is -4.87. The van der Waals surface area contributed by atoms with Gasteiger partial charge in [0.25, 0.3) is 0 Å². The Bertz CT molecular complexity index is 1200. The Morgan fingerprint density at radius 1 is 0.582 bits per heavy atom. The van der Waals surface area contributed by atoms with Crippen molar-refractivity contribution in [3.63, 3.8) is 0 Å². The van der Waals surface area contributed by atoms with E-state index >= 15 is 0 Å². The van der Waals surface area contributed by atoms with Gasteiger partial charge in [-0.1, -0.05) is 114 Å². The SMILES string of the molecule is CC[C@H](O)CC/C=C\C/C=C\C/C=C\C/C=C\CCCC(=O)OC[C@H](COP(=O)(O)OC[C@@H](O)COP(=O)(O)O)OC(=O)CCCCCCCCCC(C)C. The lowest BCUT2D eigenvalue weighted by Gasteiger charge is -2.20. The molecule has 14 nitrogen and oxygen atoms in total. The van der Waals surface area contributed by atoms with E-state index in [-0.39, 0.29) is 18.9 Å². The Labute approximate surface area is 329 Å². The van der Waals surface area contributed by atoms with Gasteiger partial charge in [0.2, 0.25) is 0 Å². The molecule has 0 fully saturated rings. The molecular formula is C39H70O14P2. The summed E-state index contributed by atoms with van der Waals surface area (Å²) < 4.78 is 47.5. The number of ether oxygens (including phenoxy) is 2. The summed E-state index contributed by atoms with van der Waals surface area (Å²) in [6, 6.07) is 0. The van der Waals surface area contributed by atoms with Crippen molar-refractivity contribution >= 4 is 27.6 Å². The van der Waals surface area contributed by atoms with Crippen molar-refractivity contribution in [2.24, 2.45) is 5.92 Å². The molecule has 0 amide bonds. The third kappa shape index (κ3) is 38.7. The molecule has 0 aromatic carbocycles. The number of carbonyl (C=O) groups is 2. The Morgan fingerprint density at radius 2 is 1.09 bits per heavy atom. The molecule has 0 saturated heterocycles. The molecule has 0 saturated carbocycles. The van der Waals surface area contributed by atoms with E-state index in [0.717, 1.165) is 64.2 Å². The molecule has 0 heterocycles. The molecule has 1 unspecified atom stereocenters. The fourth-order valence-electron chi connectivity index (χ4n) is 4.86. The second kappa shape index (κ2) is 34.1. The number of phosphoric ester groups is 2. The normalized spacial score (nSPS) is 15.4.